The van der Waals surface area contributed by atoms with Crippen molar-refractivity contribution in [3.63, 3.8) is 0 Å². The summed E-state index contributed by atoms with van der Waals surface area (Å²) in [6.07, 6.45) is 1.04. The molecule has 0 saturated carbocycles. The van der Waals surface area contributed by atoms with Crippen LogP contribution in [0, 0.1) is 0 Å². The summed E-state index contributed by atoms with van der Waals surface area (Å²) in [5.74, 6) is -0.000968. The van der Waals surface area contributed by atoms with Gasteiger partial charge in [-0.2, -0.15) is 0 Å². The molecule has 3 heteroatoms. The van der Waals surface area contributed by atoms with E-state index < -0.39 is 0 Å². The van der Waals surface area contributed by atoms with Gasteiger partial charge < -0.3 is 4.90 Å². The first kappa shape index (κ1) is 14.0. The van der Waals surface area contributed by atoms with E-state index in [9.17, 15) is 4.79 Å². The molecule has 0 N–H and O–H groups in total. The molecule has 0 spiro atoms. The number of nitrogens with zero attached hydrogens (tertiary/aromatic N) is 1. The van der Waals surface area contributed by atoms with E-state index in [0.29, 0.717) is 10.6 Å². The van der Waals surface area contributed by atoms with Gasteiger partial charge in [0, 0.05) is 23.8 Å². The number of halogens is 1. The Morgan fingerprint density at radius 1 is 1.41 bits per heavy atom. The molecule has 2 nitrogen and oxygen atoms in total. The number of hydrogen-bond donors (Lipinski definition) is 0. The molecule has 1 aromatic carbocycles. The highest BCUT2D eigenvalue weighted by atomic mass is 35.5. The van der Waals surface area contributed by atoms with E-state index in [0.717, 1.165) is 12.1 Å². The van der Waals surface area contributed by atoms with Crippen LogP contribution in [0.5, 0.6) is 0 Å². The Hall–Kier alpha value is -1.02. The first-order valence-corrected chi connectivity index (χ1v) is 6.21. The molecule has 0 radical (unpaired) electrons. The molecular weight excluding hydrogens is 234 g/mol. The molecule has 0 heterocycles. The van der Waals surface area contributed by atoms with E-state index in [-0.39, 0.29) is 11.3 Å². The van der Waals surface area contributed by atoms with Crippen molar-refractivity contribution in [2.24, 2.45) is 0 Å². The Balaban J connectivity index is 3.10. The van der Waals surface area contributed by atoms with Crippen LogP contribution in [0.15, 0.2) is 18.2 Å². The number of Topliss-reactive ketones (excluding diaryl/α,β-unsaturated/α-hetero) is 1. The molecule has 0 fully saturated rings. The second-order valence-corrected chi connectivity index (χ2v) is 5.35. The minimum absolute atomic E-state index is 0.000968. The molecular formula is C14H20ClNO. The Kier molecular flexibility index (Phi) is 4.21. The number of rotatable bonds is 4. The summed E-state index contributed by atoms with van der Waals surface area (Å²) in [5.41, 5.74) is 1.69. The van der Waals surface area contributed by atoms with Crippen molar-refractivity contribution in [1.82, 2.24) is 0 Å². The van der Waals surface area contributed by atoms with Gasteiger partial charge in [0.2, 0.25) is 0 Å². The number of anilines is 1. The summed E-state index contributed by atoms with van der Waals surface area (Å²) in [6, 6.07) is 5.60. The van der Waals surface area contributed by atoms with Crippen molar-refractivity contribution < 1.29 is 4.79 Å². The van der Waals surface area contributed by atoms with Gasteiger partial charge in [-0.3, -0.25) is 4.79 Å². The highest BCUT2D eigenvalue weighted by Gasteiger charge is 2.22. The van der Waals surface area contributed by atoms with Crippen molar-refractivity contribution in [3.8, 4) is 0 Å². The third-order valence-corrected chi connectivity index (χ3v) is 3.81. The third-order valence-electron chi connectivity index (χ3n) is 3.49. The lowest BCUT2D eigenvalue weighted by molar-refractivity contribution is 0.101. The van der Waals surface area contributed by atoms with Crippen LogP contribution in [-0.2, 0) is 0 Å². The van der Waals surface area contributed by atoms with Gasteiger partial charge in [-0.15, -0.1) is 0 Å². The van der Waals surface area contributed by atoms with Crippen molar-refractivity contribution >= 4 is 23.1 Å². The van der Waals surface area contributed by atoms with E-state index in [1.165, 1.54) is 6.92 Å². The zero-order valence-corrected chi connectivity index (χ0v) is 11.9. The van der Waals surface area contributed by atoms with E-state index in [2.05, 4.69) is 25.7 Å². The van der Waals surface area contributed by atoms with Crippen LogP contribution < -0.4 is 4.90 Å². The van der Waals surface area contributed by atoms with Gasteiger partial charge in [0.1, 0.15) is 0 Å². The van der Waals surface area contributed by atoms with E-state index in [1.54, 1.807) is 6.07 Å². The van der Waals surface area contributed by atoms with Crippen LogP contribution in [0.2, 0.25) is 5.02 Å². The lowest BCUT2D eigenvalue weighted by atomic mass is 9.99. The molecule has 0 aliphatic heterocycles. The summed E-state index contributed by atoms with van der Waals surface area (Å²) < 4.78 is 0. The molecule has 0 bridgehead atoms. The molecule has 0 aromatic heterocycles. The first-order valence-electron chi connectivity index (χ1n) is 5.84. The Morgan fingerprint density at radius 2 is 2.00 bits per heavy atom. The lowest BCUT2D eigenvalue weighted by Crippen LogP contribution is -2.40. The zero-order valence-electron chi connectivity index (χ0n) is 11.2. The van der Waals surface area contributed by atoms with Gasteiger partial charge in [-0.1, -0.05) is 18.5 Å². The van der Waals surface area contributed by atoms with Gasteiger partial charge in [0.15, 0.2) is 5.78 Å². The van der Waals surface area contributed by atoms with Gasteiger partial charge in [0.05, 0.1) is 5.02 Å². The molecule has 0 saturated heterocycles. The fourth-order valence-electron chi connectivity index (χ4n) is 1.58. The van der Waals surface area contributed by atoms with Crippen LogP contribution in [0.25, 0.3) is 0 Å². The SMILES string of the molecule is CCC(C)(C)N(C)c1ccc(C(C)=O)c(Cl)c1. The summed E-state index contributed by atoms with van der Waals surface area (Å²) in [4.78, 5) is 13.5. The van der Waals surface area contributed by atoms with Crippen molar-refractivity contribution in [3.05, 3.63) is 28.8 Å². The molecule has 1 aromatic rings. The van der Waals surface area contributed by atoms with Crippen LogP contribution in [0.1, 0.15) is 44.5 Å². The topological polar surface area (TPSA) is 20.3 Å². The molecule has 1 rings (SSSR count). The summed E-state index contributed by atoms with van der Waals surface area (Å²) in [5, 5.41) is 0.522. The third kappa shape index (κ3) is 3.01. The van der Waals surface area contributed by atoms with Crippen molar-refractivity contribution in [1.29, 1.82) is 0 Å². The molecule has 94 valence electrons. The van der Waals surface area contributed by atoms with Crippen LogP contribution >= 0.6 is 11.6 Å². The molecule has 0 amide bonds. The zero-order chi connectivity index (χ0) is 13.2. The summed E-state index contributed by atoms with van der Waals surface area (Å²) in [7, 11) is 2.04. The van der Waals surface area contributed by atoms with Crippen molar-refractivity contribution in [2.45, 2.75) is 39.7 Å². The largest absolute Gasteiger partial charge is 0.369 e. The number of carbonyl (C=O) groups excluding carboxylic acids is 1. The van der Waals surface area contributed by atoms with Gasteiger partial charge in [-0.05, 0) is 45.4 Å². The maximum atomic E-state index is 11.3. The first-order chi connectivity index (χ1) is 7.79. The highest BCUT2D eigenvalue weighted by molar-refractivity contribution is 6.34. The molecule has 0 unspecified atom stereocenters. The summed E-state index contributed by atoms with van der Waals surface area (Å²) >= 11 is 6.11. The average Bonchev–Trinajstić information content (AvgIpc) is 2.27. The standard InChI is InChI=1S/C14H20ClNO/c1-6-14(3,4)16(5)11-7-8-12(10(2)17)13(15)9-11/h7-9H,6H2,1-5H3. The number of benzene rings is 1. The van der Waals surface area contributed by atoms with Crippen molar-refractivity contribution in [2.75, 3.05) is 11.9 Å². The number of ketones is 1. The van der Waals surface area contributed by atoms with Gasteiger partial charge in [0.25, 0.3) is 0 Å². The second-order valence-electron chi connectivity index (χ2n) is 4.95. The second kappa shape index (κ2) is 5.09. The quantitative estimate of drug-likeness (QED) is 0.751. The molecule has 17 heavy (non-hydrogen) atoms. The summed E-state index contributed by atoms with van der Waals surface area (Å²) in [6.45, 7) is 8.04. The normalized spacial score (nSPS) is 11.4. The molecule has 0 aliphatic rings. The lowest BCUT2D eigenvalue weighted by Gasteiger charge is -2.37. The van der Waals surface area contributed by atoms with Crippen LogP contribution in [0.3, 0.4) is 0 Å². The number of hydrogen-bond acceptors (Lipinski definition) is 2. The van der Waals surface area contributed by atoms with Gasteiger partial charge in [-0.25, -0.2) is 0 Å². The Bertz CT molecular complexity index is 426. The highest BCUT2D eigenvalue weighted by Crippen LogP contribution is 2.28. The fraction of sp³-hybridized carbons (Fsp3) is 0.500. The smallest absolute Gasteiger partial charge is 0.161 e. The van der Waals surface area contributed by atoms with Crippen LogP contribution in [0.4, 0.5) is 5.69 Å². The maximum absolute atomic E-state index is 11.3. The molecule has 0 atom stereocenters. The Morgan fingerprint density at radius 3 is 2.41 bits per heavy atom. The minimum atomic E-state index is -0.000968. The van der Waals surface area contributed by atoms with Crippen LogP contribution in [-0.4, -0.2) is 18.4 Å². The monoisotopic (exact) mass is 253 g/mol. The van der Waals surface area contributed by atoms with E-state index in [4.69, 9.17) is 11.6 Å². The van der Waals surface area contributed by atoms with Gasteiger partial charge >= 0.3 is 0 Å². The fourth-order valence-corrected chi connectivity index (χ4v) is 1.89. The maximum Gasteiger partial charge on any atom is 0.161 e. The minimum Gasteiger partial charge on any atom is -0.369 e. The Labute approximate surface area is 109 Å². The average molecular weight is 254 g/mol. The molecule has 0 aliphatic carbocycles. The predicted octanol–water partition coefficient (Wildman–Crippen LogP) is 4.17. The predicted molar refractivity (Wildman–Crippen MR) is 74.2 cm³/mol. The van der Waals surface area contributed by atoms with E-state index >= 15 is 0 Å². The van der Waals surface area contributed by atoms with E-state index in [1.807, 2.05) is 19.2 Å². The number of carbonyl (C=O) groups is 1.